The van der Waals surface area contributed by atoms with Crippen LogP contribution < -0.4 is 0 Å². The van der Waals surface area contributed by atoms with Gasteiger partial charge in [0.1, 0.15) is 4.88 Å². The van der Waals surface area contributed by atoms with E-state index in [1.807, 2.05) is 6.07 Å². The summed E-state index contributed by atoms with van der Waals surface area (Å²) in [6.45, 7) is 0. The van der Waals surface area contributed by atoms with Crippen LogP contribution in [0.25, 0.3) is 0 Å². The third kappa shape index (κ3) is 1.65. The number of aromatic carboxylic acids is 1. The molecule has 0 bridgehead atoms. The fourth-order valence-corrected chi connectivity index (χ4v) is 3.11. The SMILES string of the molecule is O=C(O)c1sc(Br)cc1C1CCC1. The number of hydrogen-bond donors (Lipinski definition) is 1. The van der Waals surface area contributed by atoms with E-state index in [0.29, 0.717) is 10.8 Å². The van der Waals surface area contributed by atoms with Crippen LogP contribution in [0.5, 0.6) is 0 Å². The van der Waals surface area contributed by atoms with Crippen molar-refractivity contribution >= 4 is 33.2 Å². The number of hydrogen-bond acceptors (Lipinski definition) is 2. The van der Waals surface area contributed by atoms with Crippen LogP contribution in [0.4, 0.5) is 0 Å². The van der Waals surface area contributed by atoms with Gasteiger partial charge in [-0.3, -0.25) is 0 Å². The summed E-state index contributed by atoms with van der Waals surface area (Å²) in [5.41, 5.74) is 1.02. The molecule has 2 nitrogen and oxygen atoms in total. The largest absolute Gasteiger partial charge is 0.477 e. The van der Waals surface area contributed by atoms with Crippen LogP contribution in [0, 0.1) is 0 Å². The summed E-state index contributed by atoms with van der Waals surface area (Å²) in [7, 11) is 0. The second-order valence-electron chi connectivity index (χ2n) is 3.27. The fourth-order valence-electron chi connectivity index (χ4n) is 1.56. The van der Waals surface area contributed by atoms with Gasteiger partial charge in [0.2, 0.25) is 0 Å². The zero-order chi connectivity index (χ0) is 9.42. The summed E-state index contributed by atoms with van der Waals surface area (Å²) in [5.74, 6) is -0.300. The first kappa shape index (κ1) is 9.21. The number of carboxylic acids is 1. The third-order valence-electron chi connectivity index (χ3n) is 2.47. The molecule has 0 aliphatic heterocycles. The zero-order valence-corrected chi connectivity index (χ0v) is 9.32. The molecule has 1 aromatic rings. The van der Waals surface area contributed by atoms with Gasteiger partial charge in [0, 0.05) is 0 Å². The minimum atomic E-state index is -0.794. The van der Waals surface area contributed by atoms with E-state index < -0.39 is 5.97 Å². The van der Waals surface area contributed by atoms with Crippen LogP contribution in [-0.2, 0) is 0 Å². The minimum absolute atomic E-state index is 0.494. The highest BCUT2D eigenvalue weighted by atomic mass is 79.9. The maximum atomic E-state index is 10.9. The van der Waals surface area contributed by atoms with Crippen LogP contribution in [0.3, 0.4) is 0 Å². The molecule has 0 unspecified atom stereocenters. The van der Waals surface area contributed by atoms with E-state index >= 15 is 0 Å². The second-order valence-corrected chi connectivity index (χ2v) is 5.70. The molecule has 0 radical (unpaired) electrons. The lowest BCUT2D eigenvalue weighted by atomic mass is 9.80. The third-order valence-corrected chi connectivity index (χ3v) is 4.11. The first-order chi connectivity index (χ1) is 6.18. The Balaban J connectivity index is 2.36. The Hall–Kier alpha value is -0.350. The highest BCUT2D eigenvalue weighted by Crippen LogP contribution is 2.42. The van der Waals surface area contributed by atoms with Crippen molar-refractivity contribution in [2.24, 2.45) is 0 Å². The molecule has 70 valence electrons. The molecule has 1 aliphatic carbocycles. The Kier molecular flexibility index (Phi) is 2.43. The molecule has 4 heteroatoms. The van der Waals surface area contributed by atoms with Gasteiger partial charge in [-0.1, -0.05) is 6.42 Å². The summed E-state index contributed by atoms with van der Waals surface area (Å²) < 4.78 is 0.923. The van der Waals surface area contributed by atoms with Crippen molar-refractivity contribution in [3.63, 3.8) is 0 Å². The molecule has 13 heavy (non-hydrogen) atoms. The van der Waals surface area contributed by atoms with Gasteiger partial charge >= 0.3 is 5.97 Å². The molecule has 1 N–H and O–H groups in total. The van der Waals surface area contributed by atoms with Gasteiger partial charge < -0.3 is 5.11 Å². The Labute approximate surface area is 88.7 Å². The van der Waals surface area contributed by atoms with Gasteiger partial charge in [-0.2, -0.15) is 0 Å². The van der Waals surface area contributed by atoms with Gasteiger partial charge in [-0.15, -0.1) is 11.3 Å². The predicted octanol–water partition coefficient (Wildman–Crippen LogP) is 3.48. The maximum Gasteiger partial charge on any atom is 0.346 e. The summed E-state index contributed by atoms with van der Waals surface area (Å²) in [4.78, 5) is 11.4. The normalized spacial score (nSPS) is 17.0. The van der Waals surface area contributed by atoms with Crippen molar-refractivity contribution in [1.82, 2.24) is 0 Å². The van der Waals surface area contributed by atoms with Crippen LogP contribution >= 0.6 is 27.3 Å². The molecule has 0 amide bonds. The second kappa shape index (κ2) is 3.42. The Morgan fingerprint density at radius 1 is 1.62 bits per heavy atom. The smallest absolute Gasteiger partial charge is 0.346 e. The Bertz CT molecular complexity index is 341. The van der Waals surface area contributed by atoms with Crippen molar-refractivity contribution in [2.45, 2.75) is 25.2 Å². The van der Waals surface area contributed by atoms with E-state index in [4.69, 9.17) is 5.11 Å². The molecule has 0 saturated heterocycles. The van der Waals surface area contributed by atoms with Crippen molar-refractivity contribution in [2.75, 3.05) is 0 Å². The molecule has 0 spiro atoms. The molecule has 1 saturated carbocycles. The van der Waals surface area contributed by atoms with Gasteiger partial charge in [-0.25, -0.2) is 4.79 Å². The topological polar surface area (TPSA) is 37.3 Å². The van der Waals surface area contributed by atoms with E-state index in [2.05, 4.69) is 15.9 Å². The lowest BCUT2D eigenvalue weighted by Crippen LogP contribution is -2.11. The standard InChI is InChI=1S/C9H9BrO2S/c10-7-4-6(5-2-1-3-5)8(13-7)9(11)12/h4-5H,1-3H2,(H,11,12). The van der Waals surface area contributed by atoms with E-state index in [0.717, 1.165) is 22.2 Å². The highest BCUT2D eigenvalue weighted by Gasteiger charge is 2.26. The molecular weight excluding hydrogens is 252 g/mol. The minimum Gasteiger partial charge on any atom is -0.477 e. The molecular formula is C9H9BrO2S. The Morgan fingerprint density at radius 2 is 2.31 bits per heavy atom. The number of carboxylic acid groups (broad SMARTS) is 1. The van der Waals surface area contributed by atoms with E-state index in [1.165, 1.54) is 17.8 Å². The number of thiophene rings is 1. The molecule has 1 heterocycles. The van der Waals surface area contributed by atoms with E-state index in [9.17, 15) is 4.79 Å². The van der Waals surface area contributed by atoms with E-state index in [-0.39, 0.29) is 0 Å². The first-order valence-electron chi connectivity index (χ1n) is 4.21. The van der Waals surface area contributed by atoms with Crippen LogP contribution in [0.15, 0.2) is 9.85 Å². The first-order valence-corrected chi connectivity index (χ1v) is 5.82. The number of carbonyl (C=O) groups is 1. The summed E-state index contributed by atoms with van der Waals surface area (Å²) in [5, 5.41) is 8.94. The summed E-state index contributed by atoms with van der Waals surface area (Å²) >= 11 is 4.65. The van der Waals surface area contributed by atoms with E-state index in [1.54, 1.807) is 0 Å². The lowest BCUT2D eigenvalue weighted by molar-refractivity contribution is 0.0700. The van der Waals surface area contributed by atoms with Crippen molar-refractivity contribution in [1.29, 1.82) is 0 Å². The van der Waals surface area contributed by atoms with Crippen LogP contribution in [0.1, 0.15) is 40.4 Å². The number of halogens is 1. The molecule has 0 aromatic carbocycles. The summed E-state index contributed by atoms with van der Waals surface area (Å²) in [6.07, 6.45) is 3.52. The quantitative estimate of drug-likeness (QED) is 0.884. The summed E-state index contributed by atoms with van der Waals surface area (Å²) in [6, 6.07) is 1.96. The Morgan fingerprint density at radius 3 is 2.77 bits per heavy atom. The highest BCUT2D eigenvalue weighted by molar-refractivity contribution is 9.11. The lowest BCUT2D eigenvalue weighted by Gasteiger charge is -2.25. The van der Waals surface area contributed by atoms with Crippen molar-refractivity contribution in [3.05, 3.63) is 20.3 Å². The van der Waals surface area contributed by atoms with Crippen LogP contribution in [-0.4, -0.2) is 11.1 Å². The van der Waals surface area contributed by atoms with Gasteiger partial charge in [0.15, 0.2) is 0 Å². The fraction of sp³-hybridized carbons (Fsp3) is 0.444. The van der Waals surface area contributed by atoms with Crippen molar-refractivity contribution < 1.29 is 9.90 Å². The average Bonchev–Trinajstić information content (AvgIpc) is 2.27. The molecule has 0 atom stereocenters. The predicted molar refractivity (Wildman–Crippen MR) is 55.6 cm³/mol. The maximum absolute atomic E-state index is 10.9. The monoisotopic (exact) mass is 260 g/mol. The van der Waals surface area contributed by atoms with Crippen molar-refractivity contribution in [3.8, 4) is 0 Å². The zero-order valence-electron chi connectivity index (χ0n) is 6.92. The average molecular weight is 261 g/mol. The number of rotatable bonds is 2. The van der Waals surface area contributed by atoms with Gasteiger partial charge in [-0.05, 0) is 46.3 Å². The van der Waals surface area contributed by atoms with Gasteiger partial charge in [0.25, 0.3) is 0 Å². The molecule has 1 aliphatic rings. The van der Waals surface area contributed by atoms with Gasteiger partial charge in [0.05, 0.1) is 3.79 Å². The molecule has 1 aromatic heterocycles. The molecule has 2 rings (SSSR count). The van der Waals surface area contributed by atoms with Crippen LogP contribution in [0.2, 0.25) is 0 Å². The molecule has 1 fully saturated rings.